The fraction of sp³-hybridized carbons (Fsp3) is 0.556. The highest BCUT2D eigenvalue weighted by Crippen LogP contribution is 2.21. The number of nitrogens with zero attached hydrogens (tertiary/aromatic N) is 6. The van der Waals surface area contributed by atoms with Crippen molar-refractivity contribution in [1.82, 2.24) is 29.5 Å². The molecule has 0 unspecified atom stereocenters. The molecular weight excluding hydrogens is 316 g/mol. The first-order valence-electron chi connectivity index (χ1n) is 8.80. The number of likely N-dealkylation sites (tertiary alicyclic amines) is 1. The van der Waals surface area contributed by atoms with Gasteiger partial charge in [0.05, 0.1) is 17.6 Å². The molecule has 0 spiro atoms. The Bertz CT molecular complexity index is 659. The molecule has 0 atom stereocenters. The SMILES string of the molecule is CN(C)Cc1cnc(CC2CCN(C(=O)Cn3cccn3)CC2)cn1. The molecule has 0 N–H and O–H groups in total. The Labute approximate surface area is 148 Å². The van der Waals surface area contributed by atoms with Crippen LogP contribution in [-0.4, -0.2) is 62.6 Å². The van der Waals surface area contributed by atoms with Crippen LogP contribution in [0, 0.1) is 5.92 Å². The van der Waals surface area contributed by atoms with Crippen molar-refractivity contribution in [2.75, 3.05) is 27.2 Å². The Morgan fingerprint density at radius 3 is 2.52 bits per heavy atom. The minimum Gasteiger partial charge on any atom is -0.341 e. The van der Waals surface area contributed by atoms with Crippen LogP contribution in [0.3, 0.4) is 0 Å². The third-order valence-corrected chi connectivity index (χ3v) is 4.56. The number of carbonyl (C=O) groups is 1. The minimum absolute atomic E-state index is 0.148. The summed E-state index contributed by atoms with van der Waals surface area (Å²) in [5.74, 6) is 0.720. The molecule has 3 heterocycles. The smallest absolute Gasteiger partial charge is 0.244 e. The summed E-state index contributed by atoms with van der Waals surface area (Å²) in [6.45, 7) is 2.77. The molecular formula is C18H26N6O. The van der Waals surface area contributed by atoms with E-state index in [9.17, 15) is 4.79 Å². The molecule has 7 nitrogen and oxygen atoms in total. The third-order valence-electron chi connectivity index (χ3n) is 4.56. The largest absolute Gasteiger partial charge is 0.341 e. The van der Waals surface area contributed by atoms with Crippen molar-refractivity contribution in [2.24, 2.45) is 5.92 Å². The van der Waals surface area contributed by atoms with E-state index >= 15 is 0 Å². The van der Waals surface area contributed by atoms with Gasteiger partial charge < -0.3 is 9.80 Å². The van der Waals surface area contributed by atoms with Gasteiger partial charge in [0.1, 0.15) is 6.54 Å². The quantitative estimate of drug-likeness (QED) is 0.789. The molecule has 0 bridgehead atoms. The Hall–Kier alpha value is -2.28. The average Bonchev–Trinajstić information content (AvgIpc) is 3.10. The number of carbonyl (C=O) groups excluding carboxylic acids is 1. The van der Waals surface area contributed by atoms with Gasteiger partial charge in [0.2, 0.25) is 5.91 Å². The molecule has 2 aromatic rings. The maximum absolute atomic E-state index is 12.3. The second kappa shape index (κ2) is 8.20. The number of hydrogen-bond acceptors (Lipinski definition) is 5. The zero-order chi connectivity index (χ0) is 17.6. The Balaban J connectivity index is 1.45. The molecule has 1 fully saturated rings. The average molecular weight is 342 g/mol. The van der Waals surface area contributed by atoms with Crippen molar-refractivity contribution >= 4 is 5.91 Å². The normalized spacial score (nSPS) is 15.7. The van der Waals surface area contributed by atoms with E-state index in [0.717, 1.165) is 50.3 Å². The summed E-state index contributed by atoms with van der Waals surface area (Å²) in [4.78, 5) is 25.4. The van der Waals surface area contributed by atoms with E-state index in [4.69, 9.17) is 0 Å². The molecule has 0 radical (unpaired) electrons. The van der Waals surface area contributed by atoms with Crippen LogP contribution >= 0.6 is 0 Å². The van der Waals surface area contributed by atoms with Gasteiger partial charge in [-0.15, -0.1) is 0 Å². The van der Waals surface area contributed by atoms with Crippen molar-refractivity contribution in [3.8, 4) is 0 Å². The zero-order valence-electron chi connectivity index (χ0n) is 15.0. The van der Waals surface area contributed by atoms with Crippen LogP contribution in [0.25, 0.3) is 0 Å². The molecule has 0 aromatic carbocycles. The topological polar surface area (TPSA) is 67.2 Å². The van der Waals surface area contributed by atoms with Crippen molar-refractivity contribution < 1.29 is 4.79 Å². The molecule has 0 saturated carbocycles. The molecule has 1 amide bonds. The lowest BCUT2D eigenvalue weighted by Gasteiger charge is -2.32. The van der Waals surface area contributed by atoms with E-state index < -0.39 is 0 Å². The fourth-order valence-corrected chi connectivity index (χ4v) is 3.21. The molecule has 3 rings (SSSR count). The molecule has 134 valence electrons. The number of rotatable bonds is 6. The van der Waals surface area contributed by atoms with Crippen molar-refractivity contribution in [3.05, 3.63) is 42.2 Å². The van der Waals surface area contributed by atoms with Gasteiger partial charge in [-0.3, -0.25) is 19.4 Å². The highest BCUT2D eigenvalue weighted by atomic mass is 16.2. The minimum atomic E-state index is 0.148. The van der Waals surface area contributed by atoms with Gasteiger partial charge in [0, 0.05) is 38.2 Å². The maximum atomic E-state index is 12.3. The summed E-state index contributed by atoms with van der Waals surface area (Å²) < 4.78 is 1.68. The predicted molar refractivity (Wildman–Crippen MR) is 94.7 cm³/mol. The standard InChI is InChI=1S/C18H26N6O/c1-22(2)13-17-12-19-16(11-20-17)10-15-4-8-23(9-5-15)18(25)14-24-7-3-6-21-24/h3,6-7,11-12,15H,4-5,8-10,13-14H2,1-2H3. The van der Waals surface area contributed by atoms with Gasteiger partial charge in [0.15, 0.2) is 0 Å². The van der Waals surface area contributed by atoms with Gasteiger partial charge in [-0.2, -0.15) is 5.10 Å². The van der Waals surface area contributed by atoms with Crippen LogP contribution in [0.15, 0.2) is 30.9 Å². The lowest BCUT2D eigenvalue weighted by atomic mass is 9.92. The molecule has 0 aliphatic carbocycles. The third kappa shape index (κ3) is 5.09. The van der Waals surface area contributed by atoms with Crippen LogP contribution in [-0.2, 0) is 24.3 Å². The number of aromatic nitrogens is 4. The van der Waals surface area contributed by atoms with Crippen molar-refractivity contribution in [1.29, 1.82) is 0 Å². The van der Waals surface area contributed by atoms with Crippen LogP contribution < -0.4 is 0 Å². The summed E-state index contributed by atoms with van der Waals surface area (Å²) in [6, 6.07) is 1.84. The predicted octanol–water partition coefficient (Wildman–Crippen LogP) is 1.22. The fourth-order valence-electron chi connectivity index (χ4n) is 3.21. The Kier molecular flexibility index (Phi) is 5.75. The molecule has 1 saturated heterocycles. The van der Waals surface area contributed by atoms with E-state index in [-0.39, 0.29) is 5.91 Å². The highest BCUT2D eigenvalue weighted by molar-refractivity contribution is 5.75. The summed E-state index contributed by atoms with van der Waals surface area (Å²) in [5, 5.41) is 4.10. The number of piperidine rings is 1. The number of hydrogen-bond donors (Lipinski definition) is 0. The summed E-state index contributed by atoms with van der Waals surface area (Å²) >= 11 is 0. The van der Waals surface area contributed by atoms with E-state index in [0.29, 0.717) is 12.5 Å². The van der Waals surface area contributed by atoms with Crippen LogP contribution in [0.4, 0.5) is 0 Å². The van der Waals surface area contributed by atoms with Gasteiger partial charge in [0.25, 0.3) is 0 Å². The van der Waals surface area contributed by atoms with Gasteiger partial charge >= 0.3 is 0 Å². The monoisotopic (exact) mass is 342 g/mol. The Morgan fingerprint density at radius 1 is 1.20 bits per heavy atom. The van der Waals surface area contributed by atoms with Gasteiger partial charge in [-0.25, -0.2) is 0 Å². The van der Waals surface area contributed by atoms with E-state index in [2.05, 4.69) is 20.0 Å². The second-order valence-corrected chi connectivity index (χ2v) is 6.97. The molecule has 2 aromatic heterocycles. The van der Waals surface area contributed by atoms with Crippen LogP contribution in [0.1, 0.15) is 24.2 Å². The lowest BCUT2D eigenvalue weighted by Crippen LogP contribution is -2.40. The lowest BCUT2D eigenvalue weighted by molar-refractivity contribution is -0.133. The number of amides is 1. The van der Waals surface area contributed by atoms with E-state index in [1.165, 1.54) is 0 Å². The van der Waals surface area contributed by atoms with Gasteiger partial charge in [-0.05, 0) is 45.3 Å². The van der Waals surface area contributed by atoms with Crippen LogP contribution in [0.2, 0.25) is 0 Å². The molecule has 1 aliphatic heterocycles. The maximum Gasteiger partial charge on any atom is 0.244 e. The van der Waals surface area contributed by atoms with Crippen molar-refractivity contribution in [2.45, 2.75) is 32.4 Å². The van der Waals surface area contributed by atoms with Crippen molar-refractivity contribution in [3.63, 3.8) is 0 Å². The van der Waals surface area contributed by atoms with Crippen LogP contribution in [0.5, 0.6) is 0 Å². The summed E-state index contributed by atoms with van der Waals surface area (Å²) in [7, 11) is 4.05. The highest BCUT2D eigenvalue weighted by Gasteiger charge is 2.23. The zero-order valence-corrected chi connectivity index (χ0v) is 15.0. The first-order chi connectivity index (χ1) is 12.1. The van der Waals surface area contributed by atoms with Gasteiger partial charge in [-0.1, -0.05) is 0 Å². The van der Waals surface area contributed by atoms with E-state index in [1.807, 2.05) is 43.7 Å². The summed E-state index contributed by atoms with van der Waals surface area (Å²) in [5.41, 5.74) is 2.04. The summed E-state index contributed by atoms with van der Waals surface area (Å²) in [6.07, 6.45) is 10.3. The molecule has 25 heavy (non-hydrogen) atoms. The Morgan fingerprint density at radius 2 is 1.92 bits per heavy atom. The van der Waals surface area contributed by atoms with E-state index in [1.54, 1.807) is 10.9 Å². The molecule has 7 heteroatoms. The first kappa shape index (κ1) is 17.5. The second-order valence-electron chi connectivity index (χ2n) is 6.97. The molecule has 1 aliphatic rings. The first-order valence-corrected chi connectivity index (χ1v) is 8.80.